The Morgan fingerprint density at radius 1 is 0.816 bits per heavy atom. The first-order valence-electron chi connectivity index (χ1n) is 14.2. The number of carbonyl (C=O) groups is 1. The van der Waals surface area contributed by atoms with Crippen LogP contribution in [0.3, 0.4) is 0 Å². The third-order valence-corrected chi connectivity index (χ3v) is 7.30. The van der Waals surface area contributed by atoms with E-state index in [1.165, 1.54) is 48.2 Å². The molecule has 4 rings (SSSR count). The maximum absolute atomic E-state index is 12.1. The second kappa shape index (κ2) is 14.6. The van der Waals surface area contributed by atoms with Crippen molar-refractivity contribution in [1.29, 1.82) is 0 Å². The van der Waals surface area contributed by atoms with Crippen LogP contribution in [-0.4, -0.2) is 61.6 Å². The average molecular weight is 515 g/mol. The molecule has 5 heteroatoms. The van der Waals surface area contributed by atoms with E-state index in [0.717, 1.165) is 50.6 Å². The van der Waals surface area contributed by atoms with Gasteiger partial charge in [-0.1, -0.05) is 48.5 Å². The van der Waals surface area contributed by atoms with Gasteiger partial charge in [-0.15, -0.1) is 0 Å². The Labute approximate surface area is 228 Å². The number of rotatable bonds is 14. The molecule has 1 saturated heterocycles. The zero-order valence-corrected chi connectivity index (χ0v) is 23.0. The molecule has 1 fully saturated rings. The molecule has 0 spiro atoms. The summed E-state index contributed by atoms with van der Waals surface area (Å²) in [6.07, 6.45) is 4.73. The highest BCUT2D eigenvalue weighted by Crippen LogP contribution is 2.28. The first-order valence-corrected chi connectivity index (χ1v) is 14.2. The predicted octanol–water partition coefficient (Wildman–Crippen LogP) is 6.45. The normalized spacial score (nSPS) is 13.4. The van der Waals surface area contributed by atoms with Crippen molar-refractivity contribution in [1.82, 2.24) is 9.80 Å². The highest BCUT2D eigenvalue weighted by molar-refractivity contribution is 5.76. The second-order valence-electron chi connectivity index (χ2n) is 9.92. The van der Waals surface area contributed by atoms with Crippen LogP contribution in [0, 0.1) is 0 Å². The molecule has 0 bridgehead atoms. The highest BCUT2D eigenvalue weighted by atomic mass is 16.5. The van der Waals surface area contributed by atoms with Crippen LogP contribution in [0.15, 0.2) is 72.8 Å². The zero-order chi connectivity index (χ0) is 26.6. The van der Waals surface area contributed by atoms with Crippen LogP contribution < -0.4 is 9.47 Å². The fourth-order valence-electron chi connectivity index (χ4n) is 5.06. The summed E-state index contributed by atoms with van der Waals surface area (Å²) in [4.78, 5) is 16.5. The van der Waals surface area contributed by atoms with Gasteiger partial charge in [0.25, 0.3) is 0 Å². The van der Waals surface area contributed by atoms with Crippen molar-refractivity contribution in [2.24, 2.45) is 0 Å². The fourth-order valence-corrected chi connectivity index (χ4v) is 5.06. The maximum atomic E-state index is 12.1. The van der Waals surface area contributed by atoms with Gasteiger partial charge in [0, 0.05) is 26.1 Å². The minimum absolute atomic E-state index is 0.201. The molecule has 38 heavy (non-hydrogen) atoms. The molecule has 3 aromatic carbocycles. The lowest BCUT2D eigenvalue weighted by Crippen LogP contribution is -2.30. The molecule has 0 atom stereocenters. The van der Waals surface area contributed by atoms with Crippen LogP contribution in [-0.2, 0) is 11.2 Å². The minimum Gasteiger partial charge on any atom is -0.494 e. The minimum atomic E-state index is 0.201. The maximum Gasteiger partial charge on any atom is 0.222 e. The highest BCUT2D eigenvalue weighted by Gasteiger charge is 2.12. The topological polar surface area (TPSA) is 42.0 Å². The number of benzene rings is 3. The van der Waals surface area contributed by atoms with Crippen molar-refractivity contribution in [3.63, 3.8) is 0 Å². The first-order chi connectivity index (χ1) is 18.7. The van der Waals surface area contributed by atoms with Crippen molar-refractivity contribution in [2.75, 3.05) is 45.9 Å². The molecule has 0 aromatic heterocycles. The molecule has 1 aliphatic rings. The van der Waals surface area contributed by atoms with Crippen LogP contribution in [0.5, 0.6) is 11.5 Å². The third-order valence-electron chi connectivity index (χ3n) is 7.30. The van der Waals surface area contributed by atoms with Crippen LogP contribution in [0.2, 0.25) is 0 Å². The molecule has 1 aliphatic heterocycles. The third kappa shape index (κ3) is 8.09. The van der Waals surface area contributed by atoms with E-state index in [1.807, 2.05) is 30.9 Å². The van der Waals surface area contributed by atoms with Crippen LogP contribution in [0.25, 0.3) is 11.1 Å². The molecule has 0 radical (unpaired) electrons. The molecule has 0 N–H and O–H groups in total. The summed E-state index contributed by atoms with van der Waals surface area (Å²) in [5.41, 5.74) is 4.98. The van der Waals surface area contributed by atoms with Gasteiger partial charge < -0.3 is 14.4 Å². The number of ether oxygens (including phenoxy) is 2. The van der Waals surface area contributed by atoms with Crippen molar-refractivity contribution >= 4 is 5.91 Å². The largest absolute Gasteiger partial charge is 0.494 e. The fraction of sp³-hybridized carbons (Fsp3) is 0.424. The van der Waals surface area contributed by atoms with E-state index < -0.39 is 0 Å². The summed E-state index contributed by atoms with van der Waals surface area (Å²) in [7, 11) is 0. The van der Waals surface area contributed by atoms with Gasteiger partial charge in [0.1, 0.15) is 18.1 Å². The molecule has 1 heterocycles. The summed E-state index contributed by atoms with van der Waals surface area (Å²) in [6, 6.07) is 25.4. The van der Waals surface area contributed by atoms with Gasteiger partial charge in [0.05, 0.1) is 6.61 Å². The lowest BCUT2D eigenvalue weighted by atomic mass is 9.95. The second-order valence-corrected chi connectivity index (χ2v) is 9.92. The number of nitrogens with zero attached hydrogens (tertiary/aromatic N) is 2. The average Bonchev–Trinajstić information content (AvgIpc) is 3.47. The standard InChI is InChI=1S/C33H42N2O3/c1-3-35(4-2)33(36)12-9-24-37-30-17-13-27(14-18-30)26-29-10-5-6-11-32(29)28-15-19-31(20-16-28)38-25-23-34-21-7-8-22-34/h5-6,10-11,13-20H,3-4,7-9,12,21-26H2,1-2H3. The lowest BCUT2D eigenvalue weighted by molar-refractivity contribution is -0.131. The van der Waals surface area contributed by atoms with Crippen LogP contribution in [0.4, 0.5) is 0 Å². The number of hydrogen-bond acceptors (Lipinski definition) is 4. The van der Waals surface area contributed by atoms with E-state index in [4.69, 9.17) is 9.47 Å². The van der Waals surface area contributed by atoms with E-state index >= 15 is 0 Å². The molecule has 3 aromatic rings. The summed E-state index contributed by atoms with van der Waals surface area (Å²) >= 11 is 0. The van der Waals surface area contributed by atoms with Crippen molar-refractivity contribution in [3.05, 3.63) is 83.9 Å². The lowest BCUT2D eigenvalue weighted by Gasteiger charge is -2.18. The summed E-state index contributed by atoms with van der Waals surface area (Å²) < 4.78 is 11.9. The van der Waals surface area contributed by atoms with Gasteiger partial charge in [0.2, 0.25) is 5.91 Å². The van der Waals surface area contributed by atoms with Crippen molar-refractivity contribution in [2.45, 2.75) is 46.0 Å². The molecular weight excluding hydrogens is 472 g/mol. The van der Waals surface area contributed by atoms with Gasteiger partial charge >= 0.3 is 0 Å². The van der Waals surface area contributed by atoms with Gasteiger partial charge in [0.15, 0.2) is 0 Å². The molecule has 1 amide bonds. The Morgan fingerprint density at radius 2 is 1.45 bits per heavy atom. The number of hydrogen-bond donors (Lipinski definition) is 0. The monoisotopic (exact) mass is 514 g/mol. The molecule has 0 aliphatic carbocycles. The number of amides is 1. The van der Waals surface area contributed by atoms with Crippen LogP contribution >= 0.6 is 0 Å². The van der Waals surface area contributed by atoms with E-state index in [2.05, 4.69) is 65.6 Å². The summed E-state index contributed by atoms with van der Waals surface area (Å²) in [5, 5.41) is 0. The van der Waals surface area contributed by atoms with E-state index in [9.17, 15) is 4.79 Å². The van der Waals surface area contributed by atoms with Crippen molar-refractivity contribution in [3.8, 4) is 22.6 Å². The molecule has 202 valence electrons. The smallest absolute Gasteiger partial charge is 0.222 e. The molecule has 0 unspecified atom stereocenters. The Morgan fingerprint density at radius 3 is 2.13 bits per heavy atom. The Balaban J connectivity index is 1.28. The molecular formula is C33H42N2O3. The molecule has 0 saturated carbocycles. The number of likely N-dealkylation sites (tertiary alicyclic amines) is 1. The van der Waals surface area contributed by atoms with Crippen molar-refractivity contribution < 1.29 is 14.3 Å². The van der Waals surface area contributed by atoms with Crippen LogP contribution in [0.1, 0.15) is 50.7 Å². The molecule has 5 nitrogen and oxygen atoms in total. The Hall–Kier alpha value is -3.31. The van der Waals surface area contributed by atoms with Gasteiger partial charge in [-0.3, -0.25) is 9.69 Å². The summed E-state index contributed by atoms with van der Waals surface area (Å²) in [6.45, 7) is 10.3. The van der Waals surface area contributed by atoms with Gasteiger partial charge in [-0.2, -0.15) is 0 Å². The Kier molecular flexibility index (Phi) is 10.6. The zero-order valence-electron chi connectivity index (χ0n) is 23.0. The van der Waals surface area contributed by atoms with Gasteiger partial charge in [-0.25, -0.2) is 0 Å². The van der Waals surface area contributed by atoms with E-state index in [1.54, 1.807) is 0 Å². The summed E-state index contributed by atoms with van der Waals surface area (Å²) in [5.74, 6) is 1.98. The quantitative estimate of drug-likeness (QED) is 0.232. The number of carbonyl (C=O) groups excluding carboxylic acids is 1. The van der Waals surface area contributed by atoms with Gasteiger partial charge in [-0.05, 0) is 99.1 Å². The van der Waals surface area contributed by atoms with E-state index in [0.29, 0.717) is 13.0 Å². The first kappa shape index (κ1) is 27.7. The SMILES string of the molecule is CCN(CC)C(=O)CCCOc1ccc(Cc2ccccc2-c2ccc(OCCN3CCCC3)cc2)cc1. The van der Waals surface area contributed by atoms with E-state index in [-0.39, 0.29) is 5.91 Å². The predicted molar refractivity (Wildman–Crippen MR) is 155 cm³/mol. The Bertz CT molecular complexity index is 1120.